The van der Waals surface area contributed by atoms with Crippen LogP contribution in [0.2, 0.25) is 0 Å². The first kappa shape index (κ1) is 12.7. The minimum absolute atomic E-state index is 0.440. The van der Waals surface area contributed by atoms with Crippen molar-refractivity contribution in [3.8, 4) is 0 Å². The van der Waals surface area contributed by atoms with E-state index in [9.17, 15) is 0 Å². The lowest BCUT2D eigenvalue weighted by Gasteiger charge is -2.17. The van der Waals surface area contributed by atoms with Gasteiger partial charge >= 0.3 is 0 Å². The molecule has 0 saturated heterocycles. The van der Waals surface area contributed by atoms with Crippen molar-refractivity contribution in [2.75, 3.05) is 17.2 Å². The molecule has 0 spiro atoms. The molecule has 4 nitrogen and oxygen atoms in total. The summed E-state index contributed by atoms with van der Waals surface area (Å²) >= 11 is 0. The van der Waals surface area contributed by atoms with Crippen LogP contribution >= 0.6 is 0 Å². The van der Waals surface area contributed by atoms with Crippen molar-refractivity contribution >= 4 is 11.6 Å². The molecule has 0 saturated carbocycles. The van der Waals surface area contributed by atoms with Crippen molar-refractivity contribution in [3.63, 3.8) is 0 Å². The zero-order valence-corrected chi connectivity index (χ0v) is 10.7. The summed E-state index contributed by atoms with van der Waals surface area (Å²) in [6, 6.07) is 0.440. The van der Waals surface area contributed by atoms with Crippen LogP contribution < -0.4 is 10.6 Å². The average Bonchev–Trinajstić information content (AvgIpc) is 2.29. The molecule has 0 fully saturated rings. The zero-order chi connectivity index (χ0) is 12.0. The van der Waals surface area contributed by atoms with Crippen LogP contribution in [0.5, 0.6) is 0 Å². The molecule has 0 bridgehead atoms. The Hall–Kier alpha value is -1.32. The third-order valence-corrected chi connectivity index (χ3v) is 2.64. The summed E-state index contributed by atoms with van der Waals surface area (Å²) in [6.45, 7) is 9.40. The van der Waals surface area contributed by atoms with Crippen LogP contribution in [0, 0.1) is 0 Å². The normalized spacial score (nSPS) is 12.2. The molecule has 0 aliphatic heterocycles. The van der Waals surface area contributed by atoms with E-state index in [4.69, 9.17) is 0 Å². The zero-order valence-electron chi connectivity index (χ0n) is 10.7. The lowest BCUT2D eigenvalue weighted by molar-refractivity contribution is 0.755. The van der Waals surface area contributed by atoms with Gasteiger partial charge in [-0.15, -0.1) is 0 Å². The SMILES string of the molecule is CCNc1ncnc(NC(C)CC)c1CC. The highest BCUT2D eigenvalue weighted by Gasteiger charge is 2.10. The number of hydrogen-bond donors (Lipinski definition) is 2. The molecule has 1 aromatic heterocycles. The predicted octanol–water partition coefficient (Wildman–Crippen LogP) is 2.68. The van der Waals surface area contributed by atoms with E-state index in [-0.39, 0.29) is 0 Å². The molecule has 1 rings (SSSR count). The van der Waals surface area contributed by atoms with Crippen LogP contribution in [0.15, 0.2) is 6.33 Å². The molecule has 0 radical (unpaired) electrons. The average molecular weight is 222 g/mol. The van der Waals surface area contributed by atoms with Gasteiger partial charge in [-0.25, -0.2) is 9.97 Å². The summed E-state index contributed by atoms with van der Waals surface area (Å²) in [6.07, 6.45) is 3.63. The molecule has 2 N–H and O–H groups in total. The Bertz CT molecular complexity index is 325. The van der Waals surface area contributed by atoms with Crippen LogP contribution in [0.1, 0.15) is 39.7 Å². The van der Waals surface area contributed by atoms with E-state index < -0.39 is 0 Å². The Kier molecular flexibility index (Phi) is 5.02. The van der Waals surface area contributed by atoms with Crippen LogP contribution in [0.25, 0.3) is 0 Å². The molecule has 1 heterocycles. The third-order valence-electron chi connectivity index (χ3n) is 2.64. The fourth-order valence-corrected chi connectivity index (χ4v) is 1.53. The van der Waals surface area contributed by atoms with Gasteiger partial charge in [0.15, 0.2) is 0 Å². The van der Waals surface area contributed by atoms with Crippen molar-refractivity contribution in [2.24, 2.45) is 0 Å². The van der Waals surface area contributed by atoms with Gasteiger partial charge in [0.05, 0.1) is 0 Å². The van der Waals surface area contributed by atoms with Crippen LogP contribution in [-0.2, 0) is 6.42 Å². The second-order valence-electron chi connectivity index (χ2n) is 3.89. The second-order valence-corrected chi connectivity index (χ2v) is 3.89. The molecule has 1 unspecified atom stereocenters. The van der Waals surface area contributed by atoms with Gasteiger partial charge < -0.3 is 10.6 Å². The number of aromatic nitrogens is 2. The van der Waals surface area contributed by atoms with Gasteiger partial charge in [-0.1, -0.05) is 13.8 Å². The van der Waals surface area contributed by atoms with Crippen LogP contribution in [0.3, 0.4) is 0 Å². The van der Waals surface area contributed by atoms with E-state index in [0.29, 0.717) is 6.04 Å². The molecule has 4 heteroatoms. The molecule has 0 aromatic carbocycles. The van der Waals surface area contributed by atoms with E-state index >= 15 is 0 Å². The Morgan fingerprint density at radius 3 is 2.44 bits per heavy atom. The van der Waals surface area contributed by atoms with Gasteiger partial charge in [0.25, 0.3) is 0 Å². The molecular weight excluding hydrogens is 200 g/mol. The van der Waals surface area contributed by atoms with Gasteiger partial charge in [0.1, 0.15) is 18.0 Å². The first-order chi connectivity index (χ1) is 7.72. The predicted molar refractivity (Wildman–Crippen MR) is 68.9 cm³/mol. The monoisotopic (exact) mass is 222 g/mol. The fourth-order valence-electron chi connectivity index (χ4n) is 1.53. The highest BCUT2D eigenvalue weighted by atomic mass is 15.1. The lowest BCUT2D eigenvalue weighted by Crippen LogP contribution is -2.17. The maximum atomic E-state index is 4.32. The van der Waals surface area contributed by atoms with Crippen molar-refractivity contribution < 1.29 is 0 Å². The molecule has 0 aliphatic carbocycles. The lowest BCUT2D eigenvalue weighted by atomic mass is 10.2. The van der Waals surface area contributed by atoms with E-state index in [2.05, 4.69) is 48.3 Å². The summed E-state index contributed by atoms with van der Waals surface area (Å²) in [5, 5.41) is 6.69. The molecule has 0 amide bonds. The molecule has 1 atom stereocenters. The Morgan fingerprint density at radius 2 is 1.88 bits per heavy atom. The Balaban J connectivity index is 2.94. The van der Waals surface area contributed by atoms with E-state index in [1.807, 2.05) is 0 Å². The molecule has 0 aliphatic rings. The van der Waals surface area contributed by atoms with E-state index in [0.717, 1.165) is 31.0 Å². The molecule has 90 valence electrons. The summed E-state index contributed by atoms with van der Waals surface area (Å²) in [5.41, 5.74) is 1.17. The minimum Gasteiger partial charge on any atom is -0.370 e. The third kappa shape index (κ3) is 3.08. The van der Waals surface area contributed by atoms with E-state index in [1.165, 1.54) is 5.56 Å². The first-order valence-electron chi connectivity index (χ1n) is 6.07. The standard InChI is InChI=1S/C12H22N4/c1-5-9(4)16-12-10(6-2)11(13-7-3)14-8-15-12/h8-9H,5-7H2,1-4H3,(H2,13,14,15,16). The molecule has 1 aromatic rings. The summed E-state index contributed by atoms with van der Waals surface area (Å²) in [4.78, 5) is 8.59. The highest BCUT2D eigenvalue weighted by Crippen LogP contribution is 2.21. The Labute approximate surface area is 97.9 Å². The van der Waals surface area contributed by atoms with Gasteiger partial charge in [0.2, 0.25) is 0 Å². The highest BCUT2D eigenvalue weighted by molar-refractivity contribution is 5.57. The molecule has 16 heavy (non-hydrogen) atoms. The number of rotatable bonds is 6. The second kappa shape index (κ2) is 6.30. The maximum Gasteiger partial charge on any atom is 0.134 e. The van der Waals surface area contributed by atoms with Crippen LogP contribution in [-0.4, -0.2) is 22.6 Å². The van der Waals surface area contributed by atoms with Gasteiger partial charge in [-0.3, -0.25) is 0 Å². The summed E-state index contributed by atoms with van der Waals surface area (Å²) in [5.74, 6) is 1.91. The summed E-state index contributed by atoms with van der Waals surface area (Å²) < 4.78 is 0. The van der Waals surface area contributed by atoms with Crippen molar-refractivity contribution in [3.05, 3.63) is 11.9 Å². The van der Waals surface area contributed by atoms with E-state index in [1.54, 1.807) is 6.33 Å². The number of nitrogens with zero attached hydrogens (tertiary/aromatic N) is 2. The maximum absolute atomic E-state index is 4.32. The van der Waals surface area contributed by atoms with Crippen molar-refractivity contribution in [1.29, 1.82) is 0 Å². The minimum atomic E-state index is 0.440. The topological polar surface area (TPSA) is 49.8 Å². The van der Waals surface area contributed by atoms with Gasteiger partial charge in [-0.2, -0.15) is 0 Å². The largest absolute Gasteiger partial charge is 0.370 e. The van der Waals surface area contributed by atoms with Crippen molar-refractivity contribution in [1.82, 2.24) is 9.97 Å². The van der Waals surface area contributed by atoms with Gasteiger partial charge in [0, 0.05) is 18.2 Å². The number of anilines is 2. The smallest absolute Gasteiger partial charge is 0.134 e. The van der Waals surface area contributed by atoms with Crippen LogP contribution in [0.4, 0.5) is 11.6 Å². The quantitative estimate of drug-likeness (QED) is 0.777. The fraction of sp³-hybridized carbons (Fsp3) is 0.667. The number of nitrogens with one attached hydrogen (secondary N) is 2. The van der Waals surface area contributed by atoms with Gasteiger partial charge in [-0.05, 0) is 26.7 Å². The Morgan fingerprint density at radius 1 is 1.19 bits per heavy atom. The number of hydrogen-bond acceptors (Lipinski definition) is 4. The summed E-state index contributed by atoms with van der Waals surface area (Å²) in [7, 11) is 0. The first-order valence-corrected chi connectivity index (χ1v) is 6.07. The van der Waals surface area contributed by atoms with Crippen molar-refractivity contribution in [2.45, 2.75) is 46.6 Å². The molecular formula is C12H22N4.